The molecule has 3 atom stereocenters. The molecule has 3 heteroatoms. The van der Waals surface area contributed by atoms with Gasteiger partial charge in [0.15, 0.2) is 0 Å². The molecule has 2 aliphatic heterocycles. The average molecular weight is 293 g/mol. The highest BCUT2D eigenvalue weighted by atomic mass is 16.5. The predicted octanol–water partition coefficient (Wildman–Crippen LogP) is 3.49. The lowest BCUT2D eigenvalue weighted by molar-refractivity contribution is -0.144. The van der Waals surface area contributed by atoms with Crippen molar-refractivity contribution in [2.45, 2.75) is 31.0 Å². The predicted molar refractivity (Wildman–Crippen MR) is 84.2 cm³/mol. The number of ether oxygens (including phenoxy) is 1. The van der Waals surface area contributed by atoms with Crippen molar-refractivity contribution in [3.8, 4) is 0 Å². The van der Waals surface area contributed by atoms with Crippen molar-refractivity contribution in [1.82, 2.24) is 4.90 Å². The minimum absolute atomic E-state index is 0.0465. The third-order valence-electron chi connectivity index (χ3n) is 4.75. The Labute approximate surface area is 130 Å². The summed E-state index contributed by atoms with van der Waals surface area (Å²) < 4.78 is 6.07. The number of hydrogen-bond donors (Lipinski definition) is 0. The minimum Gasteiger partial charge on any atom is -0.355 e. The maximum atomic E-state index is 12.5. The summed E-state index contributed by atoms with van der Waals surface area (Å²) in [4.78, 5) is 14.5. The Balaban J connectivity index is 1.66. The molecule has 0 N–H and O–H groups in total. The number of carbonyl (C=O) groups is 1. The van der Waals surface area contributed by atoms with E-state index in [1.807, 2.05) is 29.2 Å². The molecule has 2 aromatic rings. The number of carbonyl (C=O) groups excluding carboxylic acids is 1. The summed E-state index contributed by atoms with van der Waals surface area (Å²) in [5.41, 5.74) is 2.42. The Bertz CT molecular complexity index is 656. The van der Waals surface area contributed by atoms with Crippen molar-refractivity contribution in [1.29, 1.82) is 0 Å². The molecule has 4 rings (SSSR count). The Morgan fingerprint density at radius 2 is 1.55 bits per heavy atom. The van der Waals surface area contributed by atoms with Crippen LogP contribution in [0.15, 0.2) is 60.7 Å². The maximum Gasteiger partial charge on any atom is 0.225 e. The molecule has 22 heavy (non-hydrogen) atoms. The zero-order valence-electron chi connectivity index (χ0n) is 12.4. The monoisotopic (exact) mass is 293 g/mol. The van der Waals surface area contributed by atoms with E-state index in [2.05, 4.69) is 36.4 Å². The minimum atomic E-state index is -0.131. The van der Waals surface area contributed by atoms with Crippen LogP contribution in [0.3, 0.4) is 0 Å². The lowest BCUT2D eigenvalue weighted by atomic mass is 9.88. The smallest absolute Gasteiger partial charge is 0.225 e. The zero-order valence-corrected chi connectivity index (χ0v) is 12.4. The average Bonchev–Trinajstić information content (AvgIpc) is 3.03. The molecule has 2 saturated heterocycles. The molecule has 0 aliphatic carbocycles. The second-order valence-corrected chi connectivity index (χ2v) is 6.01. The van der Waals surface area contributed by atoms with Crippen LogP contribution in [0.2, 0.25) is 0 Å². The van der Waals surface area contributed by atoms with Gasteiger partial charge < -0.3 is 9.64 Å². The van der Waals surface area contributed by atoms with Gasteiger partial charge in [-0.15, -0.1) is 0 Å². The molecule has 2 fully saturated rings. The lowest BCUT2D eigenvalue weighted by Gasteiger charge is -2.38. The first-order chi connectivity index (χ1) is 10.8. The van der Waals surface area contributed by atoms with Gasteiger partial charge in [-0.05, 0) is 17.5 Å². The number of fused-ring (bicyclic) bond motifs is 1. The Morgan fingerprint density at radius 3 is 2.23 bits per heavy atom. The first-order valence-electron chi connectivity index (χ1n) is 7.87. The molecule has 0 bridgehead atoms. The van der Waals surface area contributed by atoms with Crippen LogP contribution in [0.1, 0.15) is 35.9 Å². The van der Waals surface area contributed by atoms with Gasteiger partial charge >= 0.3 is 0 Å². The molecular formula is C19H19NO2. The van der Waals surface area contributed by atoms with Crippen LogP contribution in [0.25, 0.3) is 0 Å². The Kier molecular flexibility index (Phi) is 3.43. The summed E-state index contributed by atoms with van der Waals surface area (Å²) in [5, 5.41) is 0. The van der Waals surface area contributed by atoms with Crippen molar-refractivity contribution in [2.24, 2.45) is 0 Å². The molecular weight excluding hydrogens is 274 g/mol. The first-order valence-corrected chi connectivity index (χ1v) is 7.87. The highest BCUT2D eigenvalue weighted by molar-refractivity contribution is 5.78. The van der Waals surface area contributed by atoms with E-state index >= 15 is 0 Å². The van der Waals surface area contributed by atoms with E-state index in [-0.39, 0.29) is 24.1 Å². The van der Waals surface area contributed by atoms with E-state index in [0.717, 1.165) is 12.0 Å². The molecule has 112 valence electrons. The maximum absolute atomic E-state index is 12.5. The van der Waals surface area contributed by atoms with Gasteiger partial charge in [0, 0.05) is 12.3 Å². The molecule has 0 radical (unpaired) electrons. The highest BCUT2D eigenvalue weighted by Gasteiger charge is 2.45. The molecule has 0 spiro atoms. The van der Waals surface area contributed by atoms with Crippen LogP contribution in [0, 0.1) is 0 Å². The largest absolute Gasteiger partial charge is 0.355 e. The van der Waals surface area contributed by atoms with E-state index in [1.54, 1.807) is 0 Å². The van der Waals surface area contributed by atoms with Gasteiger partial charge in [0.05, 0.1) is 12.6 Å². The fourth-order valence-electron chi connectivity index (χ4n) is 3.67. The van der Waals surface area contributed by atoms with Crippen molar-refractivity contribution >= 4 is 5.91 Å². The van der Waals surface area contributed by atoms with Gasteiger partial charge in [0.1, 0.15) is 6.23 Å². The molecule has 2 heterocycles. The highest BCUT2D eigenvalue weighted by Crippen LogP contribution is 2.42. The summed E-state index contributed by atoms with van der Waals surface area (Å²) in [5.74, 6) is 0.483. The molecule has 0 unspecified atom stereocenters. The second-order valence-electron chi connectivity index (χ2n) is 6.01. The third kappa shape index (κ3) is 2.22. The van der Waals surface area contributed by atoms with Gasteiger partial charge in [-0.2, -0.15) is 0 Å². The molecule has 3 nitrogen and oxygen atoms in total. The van der Waals surface area contributed by atoms with Gasteiger partial charge in [-0.1, -0.05) is 60.7 Å². The SMILES string of the molecule is O=C1CC[C@@H](c2ccccc2)[C@@H]2OC[C@@H](c3ccccc3)N12. The number of hydrogen-bond acceptors (Lipinski definition) is 2. The fourth-order valence-corrected chi connectivity index (χ4v) is 3.67. The topological polar surface area (TPSA) is 29.5 Å². The normalized spacial score (nSPS) is 27.7. The van der Waals surface area contributed by atoms with Crippen LogP contribution >= 0.6 is 0 Å². The van der Waals surface area contributed by atoms with Crippen LogP contribution in [0.5, 0.6) is 0 Å². The van der Waals surface area contributed by atoms with E-state index in [0.29, 0.717) is 13.0 Å². The molecule has 0 aromatic heterocycles. The second kappa shape index (κ2) is 5.58. The summed E-state index contributed by atoms with van der Waals surface area (Å²) >= 11 is 0. The van der Waals surface area contributed by atoms with Crippen LogP contribution in [-0.2, 0) is 9.53 Å². The Hall–Kier alpha value is -2.13. The van der Waals surface area contributed by atoms with Gasteiger partial charge in [-0.3, -0.25) is 4.79 Å². The van der Waals surface area contributed by atoms with Crippen molar-refractivity contribution in [3.05, 3.63) is 71.8 Å². The van der Waals surface area contributed by atoms with Crippen LogP contribution < -0.4 is 0 Å². The van der Waals surface area contributed by atoms with Crippen molar-refractivity contribution < 1.29 is 9.53 Å². The lowest BCUT2D eigenvalue weighted by Crippen LogP contribution is -2.45. The van der Waals surface area contributed by atoms with E-state index in [1.165, 1.54) is 5.56 Å². The number of rotatable bonds is 2. The number of piperidine rings is 1. The number of nitrogens with zero attached hydrogens (tertiary/aromatic N) is 1. The molecule has 2 aliphatic rings. The quantitative estimate of drug-likeness (QED) is 0.848. The van der Waals surface area contributed by atoms with Gasteiger partial charge in [-0.25, -0.2) is 0 Å². The zero-order chi connectivity index (χ0) is 14.9. The third-order valence-corrected chi connectivity index (χ3v) is 4.75. The van der Waals surface area contributed by atoms with E-state index in [4.69, 9.17) is 4.74 Å². The van der Waals surface area contributed by atoms with E-state index < -0.39 is 0 Å². The van der Waals surface area contributed by atoms with E-state index in [9.17, 15) is 4.79 Å². The fraction of sp³-hybridized carbons (Fsp3) is 0.316. The van der Waals surface area contributed by atoms with Gasteiger partial charge in [0.2, 0.25) is 5.91 Å². The summed E-state index contributed by atoms with van der Waals surface area (Å²) in [6, 6.07) is 20.7. The Morgan fingerprint density at radius 1 is 0.909 bits per heavy atom. The summed E-state index contributed by atoms with van der Waals surface area (Å²) in [7, 11) is 0. The first kappa shape index (κ1) is 13.5. The molecule has 2 aromatic carbocycles. The standard InChI is InChI=1S/C19H19NO2/c21-18-12-11-16(14-7-3-1-4-8-14)19-20(18)17(13-22-19)15-9-5-2-6-10-15/h1-10,16-17,19H,11-13H2/t16-,17-,19-/m0/s1. The molecule has 1 amide bonds. The number of benzene rings is 2. The van der Waals surface area contributed by atoms with Crippen molar-refractivity contribution in [3.63, 3.8) is 0 Å². The summed E-state index contributed by atoms with van der Waals surface area (Å²) in [6.07, 6.45) is 1.34. The van der Waals surface area contributed by atoms with Crippen LogP contribution in [0.4, 0.5) is 0 Å². The van der Waals surface area contributed by atoms with Gasteiger partial charge in [0.25, 0.3) is 0 Å². The number of amides is 1. The van der Waals surface area contributed by atoms with Crippen LogP contribution in [-0.4, -0.2) is 23.6 Å². The van der Waals surface area contributed by atoms with Crippen molar-refractivity contribution in [2.75, 3.05) is 6.61 Å². The molecule has 0 saturated carbocycles. The summed E-state index contributed by atoms with van der Waals surface area (Å²) in [6.45, 7) is 0.587.